The fourth-order valence-corrected chi connectivity index (χ4v) is 9.56. The number of amides is 1. The van der Waals surface area contributed by atoms with Gasteiger partial charge < -0.3 is 34.4 Å². The molecule has 5 rings (SSSR count). The van der Waals surface area contributed by atoms with Crippen LogP contribution >= 0.6 is 0 Å². The normalized spacial score (nSPS) is 36.3. The van der Waals surface area contributed by atoms with Crippen molar-refractivity contribution in [3.63, 3.8) is 0 Å². The van der Waals surface area contributed by atoms with Crippen LogP contribution in [0, 0.1) is 16.7 Å². The first kappa shape index (κ1) is 41.3. The fraction of sp³-hybridized carbons (Fsp3) is 0.675. The van der Waals surface area contributed by atoms with Crippen molar-refractivity contribution >= 4 is 29.4 Å². The van der Waals surface area contributed by atoms with E-state index in [0.717, 1.165) is 12.0 Å². The smallest absolute Gasteiger partial charge is 0.306 e. The largest absolute Gasteiger partial charge is 0.466 e. The number of Topliss-reactive ketones (excluding diaryl/α,β-unsaturated/α-hetero) is 2. The molecule has 4 fully saturated rings. The van der Waals surface area contributed by atoms with E-state index in [4.69, 9.17) is 14.2 Å². The predicted molar refractivity (Wildman–Crippen MR) is 191 cm³/mol. The Morgan fingerprint density at radius 3 is 2.29 bits per heavy atom. The molecule has 0 radical (unpaired) electrons. The Labute approximate surface area is 306 Å². The molecule has 1 aromatic carbocycles. The Morgan fingerprint density at radius 2 is 1.69 bits per heavy atom. The van der Waals surface area contributed by atoms with Gasteiger partial charge in [-0.15, -0.1) is 6.58 Å². The van der Waals surface area contributed by atoms with E-state index >= 15 is 0 Å². The van der Waals surface area contributed by atoms with Gasteiger partial charge >= 0.3 is 11.9 Å². The van der Waals surface area contributed by atoms with Crippen LogP contribution in [0.4, 0.5) is 0 Å². The molecule has 2 heterocycles. The molecule has 4 aliphatic rings. The third-order valence-corrected chi connectivity index (χ3v) is 12.0. The van der Waals surface area contributed by atoms with Gasteiger partial charge in [-0.05, 0) is 57.4 Å². The number of aliphatic hydroxyl groups is 3. The lowest BCUT2D eigenvalue weighted by atomic mass is 9.40. The number of rotatable bonds is 9. The molecular weight excluding hydrogens is 670 g/mol. The van der Waals surface area contributed by atoms with Crippen LogP contribution in [0.15, 0.2) is 43.0 Å². The minimum atomic E-state index is -2.18. The highest BCUT2D eigenvalue weighted by molar-refractivity contribution is 5.93. The van der Waals surface area contributed by atoms with E-state index in [0.29, 0.717) is 38.8 Å². The molecule has 2 saturated heterocycles. The van der Waals surface area contributed by atoms with Crippen LogP contribution in [0.5, 0.6) is 0 Å². The van der Waals surface area contributed by atoms with Gasteiger partial charge in [0.2, 0.25) is 5.91 Å². The molecule has 1 amide bonds. The van der Waals surface area contributed by atoms with Crippen LogP contribution < -0.4 is 0 Å². The van der Waals surface area contributed by atoms with Crippen molar-refractivity contribution < 1.29 is 53.5 Å². The number of ketones is 2. The Hall–Kier alpha value is -3.45. The zero-order valence-electron chi connectivity index (χ0n) is 31.7. The number of nitrogens with zero attached hydrogens (tertiary/aromatic N) is 1. The molecule has 12 nitrogen and oxygen atoms in total. The van der Waals surface area contributed by atoms with Crippen molar-refractivity contribution in [2.45, 2.75) is 141 Å². The summed E-state index contributed by atoms with van der Waals surface area (Å²) in [6.07, 6.45) is 0.751. The second-order valence-corrected chi connectivity index (χ2v) is 16.0. The van der Waals surface area contributed by atoms with Gasteiger partial charge in [0.05, 0.1) is 43.3 Å². The zero-order chi connectivity index (χ0) is 38.9. The van der Waals surface area contributed by atoms with Crippen LogP contribution in [0.3, 0.4) is 0 Å². The van der Waals surface area contributed by atoms with Gasteiger partial charge in [-0.2, -0.15) is 0 Å². The molecule has 9 atom stereocenters. The Morgan fingerprint density at radius 1 is 1.04 bits per heavy atom. The molecule has 0 unspecified atom stereocenters. The summed E-state index contributed by atoms with van der Waals surface area (Å²) in [6.45, 7) is 16.3. The van der Waals surface area contributed by atoms with Gasteiger partial charge in [0.1, 0.15) is 5.60 Å². The number of fused-ring (bicyclic) bond motifs is 3. The quantitative estimate of drug-likeness (QED) is 0.250. The minimum absolute atomic E-state index is 0.0248. The molecule has 12 heteroatoms. The van der Waals surface area contributed by atoms with E-state index < -0.39 is 63.6 Å². The van der Waals surface area contributed by atoms with Gasteiger partial charge in [-0.25, -0.2) is 0 Å². The second kappa shape index (κ2) is 15.5. The average molecular weight is 728 g/mol. The standard InChI is InChI=1S/C22H34O7.C18H23NO4/c1-8-19(5)11-14(25)22(27)20(6)13(24)9-10-18(3,4)16(20)15(26)17(28-12(2)23)21(22,7)29-19;1-2-23-18(22)11-10-16(20)15-9-6-12-19(15)17(21)13-14-7-4-3-5-8-14/h8,13,15-17,24,26-27H,1,9-11H2,2-7H3;3-5,7-8,15H,2,6,9-13H2,1H3/t13-,15-,16-,17-,19-,20-,21+,22-;15-/m01/s1. The molecule has 1 aromatic rings. The zero-order valence-corrected chi connectivity index (χ0v) is 31.7. The van der Waals surface area contributed by atoms with E-state index in [9.17, 15) is 39.3 Å². The number of benzene rings is 1. The van der Waals surface area contributed by atoms with Gasteiger partial charge in [-0.3, -0.25) is 24.0 Å². The van der Waals surface area contributed by atoms with E-state index in [2.05, 4.69) is 6.58 Å². The number of hydrogen-bond donors (Lipinski definition) is 3. The van der Waals surface area contributed by atoms with Gasteiger partial charge in [0.25, 0.3) is 0 Å². The number of esters is 2. The van der Waals surface area contributed by atoms with E-state index in [1.54, 1.807) is 25.7 Å². The first-order valence-corrected chi connectivity index (χ1v) is 18.4. The lowest BCUT2D eigenvalue weighted by molar-refractivity contribution is -0.370. The van der Waals surface area contributed by atoms with Crippen LogP contribution in [0.2, 0.25) is 0 Å². The summed E-state index contributed by atoms with van der Waals surface area (Å²) in [5, 5.41) is 34.7. The van der Waals surface area contributed by atoms with Crippen molar-refractivity contribution in [3.05, 3.63) is 48.6 Å². The molecule has 0 aromatic heterocycles. The highest BCUT2D eigenvalue weighted by atomic mass is 16.6. The highest BCUT2D eigenvalue weighted by Gasteiger charge is 2.81. The lowest BCUT2D eigenvalue weighted by Gasteiger charge is -2.71. The SMILES string of the molecule is C=C[C@@]1(C)CC(=O)[C@]2(O)[C@@]3(C)[C@@H](O)CCC(C)(C)[C@@H]3[C@H](O)[C@H](OC(C)=O)[C@@]2(C)O1.CCOC(=O)CCC(=O)[C@H]1CCCN1C(=O)Cc1ccccc1. The monoisotopic (exact) mass is 727 g/mol. The summed E-state index contributed by atoms with van der Waals surface area (Å²) in [6, 6.07) is 9.13. The number of carbonyl (C=O) groups excluding carboxylic acids is 5. The summed E-state index contributed by atoms with van der Waals surface area (Å²) < 4.78 is 16.6. The fourth-order valence-electron chi connectivity index (χ4n) is 9.56. The molecule has 3 N–H and O–H groups in total. The number of likely N-dealkylation sites (tertiary alicyclic amines) is 1. The molecule has 0 spiro atoms. The third-order valence-electron chi connectivity index (χ3n) is 12.0. The average Bonchev–Trinajstić information content (AvgIpc) is 3.57. The molecule has 288 valence electrons. The molecule has 52 heavy (non-hydrogen) atoms. The molecule has 0 bridgehead atoms. The second-order valence-electron chi connectivity index (χ2n) is 16.0. The first-order chi connectivity index (χ1) is 24.2. The Balaban J connectivity index is 0.000000239. The Bertz CT molecular complexity index is 1530. The minimum Gasteiger partial charge on any atom is -0.466 e. The van der Waals surface area contributed by atoms with Crippen LogP contribution in [0.25, 0.3) is 0 Å². The number of hydrogen-bond acceptors (Lipinski definition) is 11. The van der Waals surface area contributed by atoms with E-state index in [1.807, 2.05) is 44.2 Å². The van der Waals surface area contributed by atoms with Crippen molar-refractivity contribution in [1.82, 2.24) is 4.90 Å². The van der Waals surface area contributed by atoms with Gasteiger partial charge in [0.15, 0.2) is 23.3 Å². The number of aliphatic hydroxyl groups excluding tert-OH is 2. The summed E-state index contributed by atoms with van der Waals surface area (Å²) in [4.78, 5) is 63.3. The Kier molecular flexibility index (Phi) is 12.3. The molecule has 2 aliphatic heterocycles. The third kappa shape index (κ3) is 7.36. The van der Waals surface area contributed by atoms with Crippen LogP contribution in [-0.2, 0) is 44.6 Å². The number of carbonyl (C=O) groups is 5. The molecule has 2 aliphatic carbocycles. The maximum absolute atomic E-state index is 13.6. The summed E-state index contributed by atoms with van der Waals surface area (Å²) in [5.41, 5.74) is -6.06. The maximum atomic E-state index is 13.6. The highest BCUT2D eigenvalue weighted by Crippen LogP contribution is 2.67. The maximum Gasteiger partial charge on any atom is 0.306 e. The van der Waals surface area contributed by atoms with Gasteiger partial charge in [0, 0.05) is 37.6 Å². The van der Waals surface area contributed by atoms with E-state index in [1.165, 1.54) is 19.9 Å². The topological polar surface area (TPSA) is 177 Å². The van der Waals surface area contributed by atoms with Crippen molar-refractivity contribution in [2.75, 3.05) is 13.2 Å². The number of ether oxygens (including phenoxy) is 3. The predicted octanol–water partition coefficient (Wildman–Crippen LogP) is 3.65. The summed E-state index contributed by atoms with van der Waals surface area (Å²) in [5.74, 6) is -2.30. The van der Waals surface area contributed by atoms with Crippen molar-refractivity contribution in [1.29, 1.82) is 0 Å². The molecular formula is C40H57NO11. The van der Waals surface area contributed by atoms with Gasteiger partial charge in [-0.1, -0.05) is 57.2 Å². The molecule has 2 saturated carbocycles. The lowest BCUT2D eigenvalue weighted by Crippen LogP contribution is -2.86. The summed E-state index contributed by atoms with van der Waals surface area (Å²) >= 11 is 0. The van der Waals surface area contributed by atoms with Crippen molar-refractivity contribution in [3.8, 4) is 0 Å². The van der Waals surface area contributed by atoms with Crippen LogP contribution in [-0.4, -0.2) is 104 Å². The van der Waals surface area contributed by atoms with E-state index in [-0.39, 0.29) is 43.0 Å². The van der Waals surface area contributed by atoms with Crippen molar-refractivity contribution in [2.24, 2.45) is 16.7 Å². The summed E-state index contributed by atoms with van der Waals surface area (Å²) in [7, 11) is 0. The first-order valence-electron chi connectivity index (χ1n) is 18.4. The van der Waals surface area contributed by atoms with Crippen LogP contribution in [0.1, 0.15) is 99.0 Å².